The number of benzene rings is 2. The van der Waals surface area contributed by atoms with E-state index in [0.29, 0.717) is 0 Å². The number of nitrogens with one attached hydrogen (secondary N) is 2. The average Bonchev–Trinajstić information content (AvgIpc) is 2.59. The molecule has 3 rings (SSSR count). The fraction of sp³-hybridized carbons (Fsp3) is 0.176. The molecule has 1 aliphatic heterocycles. The molecule has 0 spiro atoms. The van der Waals surface area contributed by atoms with E-state index in [-0.39, 0.29) is 34.2 Å². The molecule has 0 unspecified atom stereocenters. The molecule has 1 atom stereocenters. The monoisotopic (exact) mass is 376 g/mol. The van der Waals surface area contributed by atoms with E-state index >= 15 is 0 Å². The second-order valence-corrected chi connectivity index (χ2v) is 7.28. The van der Waals surface area contributed by atoms with Gasteiger partial charge in [0.2, 0.25) is 5.96 Å². The molecule has 2 aromatic rings. The van der Waals surface area contributed by atoms with E-state index in [4.69, 9.17) is 5.26 Å². The molecule has 0 saturated carbocycles. The lowest BCUT2D eigenvalue weighted by Gasteiger charge is -2.26. The van der Waals surface area contributed by atoms with Crippen molar-refractivity contribution in [1.29, 1.82) is 5.26 Å². The summed E-state index contributed by atoms with van der Waals surface area (Å²) in [6.07, 6.45) is 0. The zero-order valence-electron chi connectivity index (χ0n) is 13.6. The highest BCUT2D eigenvalue weighted by molar-refractivity contribution is 7.90. The van der Waals surface area contributed by atoms with E-state index in [1.165, 1.54) is 18.2 Å². The summed E-state index contributed by atoms with van der Waals surface area (Å²) in [4.78, 5) is 3.60. The Labute approximate surface area is 149 Å². The summed E-state index contributed by atoms with van der Waals surface area (Å²) in [5.74, 6) is -2.15. The molecular formula is C17H14F2N4O2S. The fourth-order valence-corrected chi connectivity index (χ4v) is 4.00. The summed E-state index contributed by atoms with van der Waals surface area (Å²) in [7, 11) is -4.00. The maximum atomic E-state index is 14.6. The molecular weight excluding hydrogens is 362 g/mol. The number of nitriles is 1. The lowest BCUT2D eigenvalue weighted by atomic mass is 9.91. The van der Waals surface area contributed by atoms with Crippen LogP contribution in [0.5, 0.6) is 0 Å². The molecule has 1 heterocycles. The highest BCUT2D eigenvalue weighted by Crippen LogP contribution is 2.38. The van der Waals surface area contributed by atoms with E-state index in [9.17, 15) is 17.2 Å². The minimum atomic E-state index is -4.00. The Hall–Kier alpha value is -2.99. The Bertz CT molecular complexity index is 1050. The molecule has 1 aliphatic rings. The van der Waals surface area contributed by atoms with Gasteiger partial charge in [0.25, 0.3) is 10.0 Å². The van der Waals surface area contributed by atoms with Crippen molar-refractivity contribution in [2.75, 3.05) is 11.9 Å². The lowest BCUT2D eigenvalue weighted by molar-refractivity contribution is 0.577. The minimum Gasteiger partial charge on any atom is -0.324 e. The van der Waals surface area contributed by atoms with Gasteiger partial charge in [-0.05, 0) is 23.8 Å². The molecule has 9 heteroatoms. The van der Waals surface area contributed by atoms with Crippen LogP contribution in [-0.4, -0.2) is 20.9 Å². The van der Waals surface area contributed by atoms with Crippen molar-refractivity contribution in [3.8, 4) is 6.07 Å². The summed E-state index contributed by atoms with van der Waals surface area (Å²) >= 11 is 0. The van der Waals surface area contributed by atoms with Crippen LogP contribution in [0.2, 0.25) is 0 Å². The second kappa shape index (κ2) is 6.72. The SMILES string of the molecule is C[C@@H](c1ccccc1F)c1c(F)ccc2c1NC(=NCC#N)NS2(=O)=O. The molecule has 134 valence electrons. The number of aliphatic imine (C=N–C) groups is 1. The van der Waals surface area contributed by atoms with Gasteiger partial charge in [-0.25, -0.2) is 26.9 Å². The zero-order valence-corrected chi connectivity index (χ0v) is 14.4. The van der Waals surface area contributed by atoms with Gasteiger partial charge in [-0.2, -0.15) is 5.26 Å². The maximum Gasteiger partial charge on any atom is 0.266 e. The van der Waals surface area contributed by atoms with E-state index < -0.39 is 27.6 Å². The number of halogens is 2. The molecule has 0 radical (unpaired) electrons. The van der Waals surface area contributed by atoms with Gasteiger partial charge in [-0.1, -0.05) is 25.1 Å². The number of rotatable bonds is 3. The standard InChI is InChI=1S/C17H14F2N4O2S/c1-10(11-4-2-3-5-12(11)18)15-13(19)6-7-14-16(15)22-17(21-9-8-20)23-26(14,24)25/h2-7,10H,9H2,1H3,(H2,21,22,23)/t10-/m0/s1. The molecule has 0 bridgehead atoms. The van der Waals surface area contributed by atoms with Crippen LogP contribution < -0.4 is 10.0 Å². The van der Waals surface area contributed by atoms with Crippen molar-refractivity contribution in [2.24, 2.45) is 4.99 Å². The van der Waals surface area contributed by atoms with Crippen LogP contribution in [0.3, 0.4) is 0 Å². The van der Waals surface area contributed by atoms with Crippen LogP contribution in [0.25, 0.3) is 0 Å². The second-order valence-electron chi connectivity index (χ2n) is 5.63. The number of hydrogen-bond donors (Lipinski definition) is 2. The number of anilines is 1. The number of nitrogens with zero attached hydrogens (tertiary/aromatic N) is 2. The van der Waals surface area contributed by atoms with E-state index in [1.54, 1.807) is 19.1 Å². The van der Waals surface area contributed by atoms with Crippen LogP contribution in [0.1, 0.15) is 24.0 Å². The van der Waals surface area contributed by atoms with Gasteiger partial charge in [-0.3, -0.25) is 0 Å². The number of sulfonamides is 1. The van der Waals surface area contributed by atoms with Crippen LogP contribution >= 0.6 is 0 Å². The normalized spacial score (nSPS) is 17.5. The highest BCUT2D eigenvalue weighted by Gasteiger charge is 2.32. The van der Waals surface area contributed by atoms with E-state index in [2.05, 4.69) is 15.0 Å². The maximum absolute atomic E-state index is 14.6. The molecule has 26 heavy (non-hydrogen) atoms. The molecule has 0 aliphatic carbocycles. The Morgan fingerprint density at radius 1 is 1.19 bits per heavy atom. The fourth-order valence-electron chi connectivity index (χ4n) is 2.84. The average molecular weight is 376 g/mol. The summed E-state index contributed by atoms with van der Waals surface area (Å²) in [6, 6.07) is 9.82. The van der Waals surface area contributed by atoms with Gasteiger partial charge in [0.1, 0.15) is 23.1 Å². The third-order valence-electron chi connectivity index (χ3n) is 4.03. The summed E-state index contributed by atoms with van der Waals surface area (Å²) < 4.78 is 55.8. The number of guanidine groups is 1. The predicted molar refractivity (Wildman–Crippen MR) is 92.2 cm³/mol. The van der Waals surface area contributed by atoms with Crippen molar-refractivity contribution in [3.05, 3.63) is 59.2 Å². The Morgan fingerprint density at radius 2 is 1.92 bits per heavy atom. The predicted octanol–water partition coefficient (Wildman–Crippen LogP) is 2.70. The summed E-state index contributed by atoms with van der Waals surface area (Å²) in [6.45, 7) is 1.30. The lowest BCUT2D eigenvalue weighted by Crippen LogP contribution is -2.41. The first-order valence-corrected chi connectivity index (χ1v) is 9.11. The van der Waals surface area contributed by atoms with E-state index in [0.717, 1.165) is 12.1 Å². The first kappa shape index (κ1) is 17.8. The van der Waals surface area contributed by atoms with Gasteiger partial charge < -0.3 is 5.32 Å². The third kappa shape index (κ3) is 3.11. The molecule has 2 N–H and O–H groups in total. The quantitative estimate of drug-likeness (QED) is 0.806. The Morgan fingerprint density at radius 3 is 2.62 bits per heavy atom. The molecule has 0 amide bonds. The third-order valence-corrected chi connectivity index (χ3v) is 5.41. The van der Waals surface area contributed by atoms with Gasteiger partial charge in [-0.15, -0.1) is 0 Å². The van der Waals surface area contributed by atoms with Crippen molar-refractivity contribution >= 4 is 21.7 Å². The van der Waals surface area contributed by atoms with Gasteiger partial charge in [0.05, 0.1) is 11.8 Å². The first-order valence-electron chi connectivity index (χ1n) is 7.63. The van der Waals surface area contributed by atoms with Gasteiger partial charge in [0, 0.05) is 11.5 Å². The van der Waals surface area contributed by atoms with Crippen LogP contribution in [0, 0.1) is 23.0 Å². The summed E-state index contributed by atoms with van der Waals surface area (Å²) in [5.41, 5.74) is 0.214. The van der Waals surface area contributed by atoms with Crippen molar-refractivity contribution < 1.29 is 17.2 Å². The Kier molecular flexibility index (Phi) is 4.61. The first-order chi connectivity index (χ1) is 12.3. The van der Waals surface area contributed by atoms with E-state index in [1.807, 2.05) is 0 Å². The topological polar surface area (TPSA) is 94.3 Å². The molecule has 0 aromatic heterocycles. The van der Waals surface area contributed by atoms with Crippen molar-refractivity contribution in [2.45, 2.75) is 17.7 Å². The Balaban J connectivity index is 2.20. The van der Waals surface area contributed by atoms with Crippen molar-refractivity contribution in [3.63, 3.8) is 0 Å². The number of hydrogen-bond acceptors (Lipinski definition) is 4. The van der Waals surface area contributed by atoms with Crippen LogP contribution in [-0.2, 0) is 10.0 Å². The highest BCUT2D eigenvalue weighted by atomic mass is 32.2. The molecule has 0 saturated heterocycles. The van der Waals surface area contributed by atoms with Crippen molar-refractivity contribution in [1.82, 2.24) is 4.72 Å². The molecule has 2 aromatic carbocycles. The van der Waals surface area contributed by atoms with Crippen LogP contribution in [0.15, 0.2) is 46.3 Å². The summed E-state index contributed by atoms with van der Waals surface area (Å²) in [5, 5.41) is 11.3. The molecule has 6 nitrogen and oxygen atoms in total. The number of fused-ring (bicyclic) bond motifs is 1. The van der Waals surface area contributed by atoms with Crippen LogP contribution in [0.4, 0.5) is 14.5 Å². The van der Waals surface area contributed by atoms with Gasteiger partial charge in [0.15, 0.2) is 0 Å². The van der Waals surface area contributed by atoms with Gasteiger partial charge >= 0.3 is 0 Å². The minimum absolute atomic E-state index is 0.00216. The molecule has 0 fully saturated rings. The zero-order chi connectivity index (χ0) is 18.9. The largest absolute Gasteiger partial charge is 0.324 e. The smallest absolute Gasteiger partial charge is 0.266 e.